The van der Waals surface area contributed by atoms with Gasteiger partial charge in [0.2, 0.25) is 0 Å². The molecule has 0 atom stereocenters. The average molecular weight is 261 g/mol. The molecule has 0 bridgehead atoms. The third kappa shape index (κ3) is 2.12. The fourth-order valence-electron chi connectivity index (χ4n) is 1.66. The second kappa shape index (κ2) is 4.35. The largest absolute Gasteiger partial charge is 0.337 e. The van der Waals surface area contributed by atoms with Gasteiger partial charge in [-0.05, 0) is 23.6 Å². The molecule has 0 aliphatic heterocycles. The first-order valence-corrected chi connectivity index (χ1v) is 6.43. The van der Waals surface area contributed by atoms with Gasteiger partial charge in [-0.1, -0.05) is 29.8 Å². The highest BCUT2D eigenvalue weighted by Gasteiger charge is 2.06. The molecule has 0 radical (unpaired) electrons. The fourth-order valence-corrected chi connectivity index (χ4v) is 2.53. The molecule has 0 fully saturated rings. The zero-order valence-corrected chi connectivity index (χ0v) is 10.4. The van der Waals surface area contributed by atoms with Crippen LogP contribution in [0.25, 0.3) is 22.0 Å². The smallest absolute Gasteiger partial charge is 0.147 e. The minimum absolute atomic E-state index is 0.731. The summed E-state index contributed by atoms with van der Waals surface area (Å²) in [5.74, 6) is 0.898. The molecule has 2 aromatic heterocycles. The van der Waals surface area contributed by atoms with Crippen molar-refractivity contribution in [3.63, 3.8) is 0 Å². The summed E-state index contributed by atoms with van der Waals surface area (Å²) in [6, 6.07) is 11.8. The summed E-state index contributed by atoms with van der Waals surface area (Å²) in [5, 5.41) is 2.77. The molecule has 0 aliphatic rings. The summed E-state index contributed by atoms with van der Waals surface area (Å²) in [5.41, 5.74) is 2.03. The van der Waals surface area contributed by atoms with E-state index in [2.05, 4.69) is 9.97 Å². The Kier molecular flexibility index (Phi) is 2.71. The van der Waals surface area contributed by atoms with Crippen LogP contribution in [0.2, 0.25) is 5.02 Å². The van der Waals surface area contributed by atoms with E-state index in [4.69, 9.17) is 11.6 Å². The van der Waals surface area contributed by atoms with Crippen molar-refractivity contribution >= 4 is 22.9 Å². The van der Waals surface area contributed by atoms with Crippen molar-refractivity contribution in [2.24, 2.45) is 0 Å². The lowest BCUT2D eigenvalue weighted by Gasteiger charge is -1.97. The molecule has 2 heterocycles. The lowest BCUT2D eigenvalue weighted by Crippen LogP contribution is -1.78. The van der Waals surface area contributed by atoms with Gasteiger partial charge in [0.25, 0.3) is 0 Å². The number of halogens is 1. The molecule has 4 heteroatoms. The van der Waals surface area contributed by atoms with Gasteiger partial charge in [0.15, 0.2) is 0 Å². The number of aromatic nitrogens is 2. The zero-order chi connectivity index (χ0) is 11.7. The van der Waals surface area contributed by atoms with Crippen LogP contribution in [0.4, 0.5) is 0 Å². The summed E-state index contributed by atoms with van der Waals surface area (Å²) in [6.45, 7) is 0. The molecule has 84 valence electrons. The quantitative estimate of drug-likeness (QED) is 0.724. The number of hydrogen-bond acceptors (Lipinski definition) is 2. The number of nitrogens with one attached hydrogen (secondary N) is 1. The molecule has 0 spiro atoms. The van der Waals surface area contributed by atoms with Crippen molar-refractivity contribution in [3.8, 4) is 22.0 Å². The van der Waals surface area contributed by atoms with E-state index in [9.17, 15) is 0 Å². The van der Waals surface area contributed by atoms with Gasteiger partial charge in [0.1, 0.15) is 5.82 Å². The van der Waals surface area contributed by atoms with Gasteiger partial charge in [-0.3, -0.25) is 0 Å². The summed E-state index contributed by atoms with van der Waals surface area (Å²) in [7, 11) is 0. The molecule has 1 aromatic carbocycles. The molecule has 0 amide bonds. The Balaban J connectivity index is 2.01. The van der Waals surface area contributed by atoms with E-state index in [1.165, 1.54) is 0 Å². The van der Waals surface area contributed by atoms with E-state index in [1.54, 1.807) is 11.3 Å². The van der Waals surface area contributed by atoms with Crippen LogP contribution in [0.5, 0.6) is 0 Å². The number of benzene rings is 1. The lowest BCUT2D eigenvalue weighted by atomic mass is 10.2. The predicted octanol–water partition coefficient (Wildman–Crippen LogP) is 4.46. The van der Waals surface area contributed by atoms with Gasteiger partial charge in [-0.2, -0.15) is 0 Å². The second-order valence-corrected chi connectivity index (χ2v) is 5.02. The Morgan fingerprint density at radius 2 is 2.12 bits per heavy atom. The van der Waals surface area contributed by atoms with Crippen molar-refractivity contribution in [2.75, 3.05) is 0 Å². The van der Waals surface area contributed by atoms with Gasteiger partial charge in [-0.25, -0.2) is 4.98 Å². The van der Waals surface area contributed by atoms with Gasteiger partial charge in [0, 0.05) is 10.6 Å². The van der Waals surface area contributed by atoms with Crippen molar-refractivity contribution in [1.29, 1.82) is 0 Å². The van der Waals surface area contributed by atoms with E-state index in [0.29, 0.717) is 0 Å². The van der Waals surface area contributed by atoms with Crippen molar-refractivity contribution in [1.82, 2.24) is 9.97 Å². The Morgan fingerprint density at radius 1 is 1.18 bits per heavy atom. The third-order valence-electron chi connectivity index (χ3n) is 2.47. The Morgan fingerprint density at radius 3 is 2.88 bits per heavy atom. The van der Waals surface area contributed by atoms with Crippen molar-refractivity contribution in [3.05, 3.63) is 53.0 Å². The summed E-state index contributed by atoms with van der Waals surface area (Å²) < 4.78 is 0. The van der Waals surface area contributed by atoms with E-state index in [0.717, 1.165) is 27.0 Å². The van der Waals surface area contributed by atoms with Gasteiger partial charge >= 0.3 is 0 Å². The highest BCUT2D eigenvalue weighted by Crippen LogP contribution is 2.26. The number of imidazole rings is 1. The standard InChI is InChI=1S/C13H9ClN2S/c14-10-4-1-3-9(7-10)11-8-15-13(16-11)12-5-2-6-17-12/h1-8H,(H,15,16). The molecule has 17 heavy (non-hydrogen) atoms. The Hall–Kier alpha value is -1.58. The van der Waals surface area contributed by atoms with Crippen LogP contribution in [-0.2, 0) is 0 Å². The molecule has 0 unspecified atom stereocenters. The first-order chi connectivity index (χ1) is 8.33. The molecular weight excluding hydrogens is 252 g/mol. The van der Waals surface area contributed by atoms with Crippen molar-refractivity contribution in [2.45, 2.75) is 0 Å². The first-order valence-electron chi connectivity index (χ1n) is 5.18. The summed E-state index contributed by atoms with van der Waals surface area (Å²) >= 11 is 7.64. The first kappa shape index (κ1) is 10.6. The van der Waals surface area contributed by atoms with E-state index in [1.807, 2.05) is 48.0 Å². The maximum absolute atomic E-state index is 5.97. The lowest BCUT2D eigenvalue weighted by molar-refractivity contribution is 1.33. The van der Waals surface area contributed by atoms with Crippen LogP contribution < -0.4 is 0 Å². The Bertz CT molecular complexity index is 628. The van der Waals surface area contributed by atoms with E-state index >= 15 is 0 Å². The fraction of sp³-hybridized carbons (Fsp3) is 0. The maximum Gasteiger partial charge on any atom is 0.147 e. The van der Waals surface area contributed by atoms with Crippen LogP contribution in [0.1, 0.15) is 0 Å². The average Bonchev–Trinajstić information content (AvgIpc) is 3.00. The molecule has 0 saturated carbocycles. The van der Waals surface area contributed by atoms with Gasteiger partial charge in [0.05, 0.1) is 16.8 Å². The minimum atomic E-state index is 0.731. The topological polar surface area (TPSA) is 28.7 Å². The monoisotopic (exact) mass is 260 g/mol. The SMILES string of the molecule is Clc1cccc(-c2cnc(-c3cccs3)[nH]2)c1. The number of nitrogens with zero attached hydrogens (tertiary/aromatic N) is 1. The summed E-state index contributed by atoms with van der Waals surface area (Å²) in [4.78, 5) is 8.81. The van der Waals surface area contributed by atoms with Crippen LogP contribution in [-0.4, -0.2) is 9.97 Å². The van der Waals surface area contributed by atoms with Crippen LogP contribution in [0.15, 0.2) is 48.0 Å². The normalized spacial score (nSPS) is 10.6. The van der Waals surface area contributed by atoms with E-state index < -0.39 is 0 Å². The molecule has 0 aliphatic carbocycles. The predicted molar refractivity (Wildman–Crippen MR) is 72.3 cm³/mol. The number of hydrogen-bond donors (Lipinski definition) is 1. The molecular formula is C13H9ClN2S. The molecule has 3 aromatic rings. The van der Waals surface area contributed by atoms with Crippen LogP contribution in [0, 0.1) is 0 Å². The number of thiophene rings is 1. The molecule has 0 saturated heterocycles. The summed E-state index contributed by atoms with van der Waals surface area (Å²) in [6.07, 6.45) is 1.83. The Labute approximate surface area is 108 Å². The molecule has 2 nitrogen and oxygen atoms in total. The molecule has 3 rings (SSSR count). The van der Waals surface area contributed by atoms with Crippen LogP contribution in [0.3, 0.4) is 0 Å². The zero-order valence-electron chi connectivity index (χ0n) is 8.85. The highest BCUT2D eigenvalue weighted by atomic mass is 35.5. The maximum atomic E-state index is 5.97. The number of rotatable bonds is 2. The van der Waals surface area contributed by atoms with E-state index in [-0.39, 0.29) is 0 Å². The highest BCUT2D eigenvalue weighted by molar-refractivity contribution is 7.13. The third-order valence-corrected chi connectivity index (χ3v) is 3.58. The van der Waals surface area contributed by atoms with Crippen LogP contribution >= 0.6 is 22.9 Å². The molecule has 1 N–H and O–H groups in total. The second-order valence-electron chi connectivity index (χ2n) is 3.63. The number of aromatic amines is 1. The minimum Gasteiger partial charge on any atom is -0.337 e. The van der Waals surface area contributed by atoms with Gasteiger partial charge < -0.3 is 4.98 Å². The number of H-pyrrole nitrogens is 1. The van der Waals surface area contributed by atoms with Crippen molar-refractivity contribution < 1.29 is 0 Å². The van der Waals surface area contributed by atoms with Gasteiger partial charge in [-0.15, -0.1) is 11.3 Å².